The molecule has 0 unspecified atom stereocenters. The van der Waals surface area contributed by atoms with Crippen molar-refractivity contribution in [3.8, 4) is 5.75 Å². The first kappa shape index (κ1) is 16.5. The predicted octanol–water partition coefficient (Wildman–Crippen LogP) is 3.27. The maximum absolute atomic E-state index is 12.9. The fourth-order valence-electron chi connectivity index (χ4n) is 2.62. The van der Waals surface area contributed by atoms with E-state index in [0.29, 0.717) is 18.7 Å². The van der Waals surface area contributed by atoms with Gasteiger partial charge in [0.1, 0.15) is 11.6 Å². The Morgan fingerprint density at radius 1 is 1.14 bits per heavy atom. The van der Waals surface area contributed by atoms with Crippen molar-refractivity contribution >= 4 is 0 Å². The third kappa shape index (κ3) is 4.06. The number of halogens is 1. The molecule has 2 N–H and O–H groups in total. The van der Waals surface area contributed by atoms with Gasteiger partial charge in [-0.1, -0.05) is 24.3 Å². The first-order chi connectivity index (χ1) is 10.5. The van der Waals surface area contributed by atoms with Gasteiger partial charge in [-0.3, -0.25) is 0 Å². The van der Waals surface area contributed by atoms with Gasteiger partial charge in [0.25, 0.3) is 0 Å². The average molecular weight is 303 g/mol. The van der Waals surface area contributed by atoms with Gasteiger partial charge in [0, 0.05) is 13.1 Å². The minimum absolute atomic E-state index is 0.298. The van der Waals surface area contributed by atoms with Crippen LogP contribution in [0, 0.1) is 19.7 Å². The summed E-state index contributed by atoms with van der Waals surface area (Å²) >= 11 is 0. The molecular formula is C18H22FNO2. The molecule has 0 heterocycles. The van der Waals surface area contributed by atoms with E-state index in [4.69, 9.17) is 4.74 Å². The fourth-order valence-corrected chi connectivity index (χ4v) is 2.62. The molecule has 0 spiro atoms. The van der Waals surface area contributed by atoms with Crippen LogP contribution < -0.4 is 10.1 Å². The molecule has 0 aromatic heterocycles. The molecule has 2 aromatic carbocycles. The summed E-state index contributed by atoms with van der Waals surface area (Å²) in [5, 5.41) is 13.3. The van der Waals surface area contributed by atoms with Crippen LogP contribution in [0.2, 0.25) is 0 Å². The summed E-state index contributed by atoms with van der Waals surface area (Å²) in [6.45, 7) is 5.10. The number of aliphatic hydroxyl groups excluding tert-OH is 1. The molecule has 118 valence electrons. The number of ether oxygens (including phenoxy) is 1. The van der Waals surface area contributed by atoms with Gasteiger partial charge < -0.3 is 15.2 Å². The quantitative estimate of drug-likeness (QED) is 0.860. The van der Waals surface area contributed by atoms with E-state index in [1.54, 1.807) is 19.2 Å². The normalized spacial score (nSPS) is 12.2. The second-order valence-corrected chi connectivity index (χ2v) is 5.46. The van der Waals surface area contributed by atoms with Crippen LogP contribution >= 0.6 is 0 Å². The molecule has 0 aliphatic carbocycles. The highest BCUT2D eigenvalue weighted by molar-refractivity contribution is 5.43. The lowest BCUT2D eigenvalue weighted by atomic mass is 10.1. The van der Waals surface area contributed by atoms with Crippen LogP contribution in [-0.4, -0.2) is 18.8 Å². The Morgan fingerprint density at radius 3 is 2.27 bits per heavy atom. The number of aliphatic hydroxyl groups is 1. The number of methoxy groups -OCH3 is 1. The molecule has 2 aromatic rings. The zero-order valence-corrected chi connectivity index (χ0v) is 13.2. The molecule has 2 rings (SSSR count). The van der Waals surface area contributed by atoms with Gasteiger partial charge in [-0.05, 0) is 48.2 Å². The van der Waals surface area contributed by atoms with Crippen molar-refractivity contribution in [1.29, 1.82) is 0 Å². The van der Waals surface area contributed by atoms with E-state index in [0.717, 1.165) is 22.4 Å². The summed E-state index contributed by atoms with van der Waals surface area (Å²) < 4.78 is 18.2. The third-order valence-corrected chi connectivity index (χ3v) is 3.65. The SMILES string of the molecule is COc1c(C)cc(CNC[C@H](O)c2ccc(F)cc2)cc1C. The Hall–Kier alpha value is -1.91. The largest absolute Gasteiger partial charge is 0.496 e. The van der Waals surface area contributed by atoms with E-state index < -0.39 is 6.10 Å². The Morgan fingerprint density at radius 2 is 1.73 bits per heavy atom. The first-order valence-corrected chi connectivity index (χ1v) is 7.29. The molecule has 0 aliphatic heterocycles. The lowest BCUT2D eigenvalue weighted by Gasteiger charge is -2.14. The molecule has 0 amide bonds. The topological polar surface area (TPSA) is 41.5 Å². The van der Waals surface area contributed by atoms with Crippen LogP contribution in [0.3, 0.4) is 0 Å². The summed E-state index contributed by atoms with van der Waals surface area (Å²) in [7, 11) is 1.67. The highest BCUT2D eigenvalue weighted by Crippen LogP contribution is 2.24. The number of benzene rings is 2. The first-order valence-electron chi connectivity index (χ1n) is 7.29. The Balaban J connectivity index is 1.92. The van der Waals surface area contributed by atoms with E-state index in [-0.39, 0.29) is 5.82 Å². The van der Waals surface area contributed by atoms with Crippen molar-refractivity contribution in [2.75, 3.05) is 13.7 Å². The Bertz CT molecular complexity index is 602. The monoisotopic (exact) mass is 303 g/mol. The van der Waals surface area contributed by atoms with Crippen molar-refractivity contribution < 1.29 is 14.2 Å². The molecule has 0 bridgehead atoms. The number of hydrogen-bond donors (Lipinski definition) is 2. The highest BCUT2D eigenvalue weighted by Gasteiger charge is 2.08. The molecule has 3 nitrogen and oxygen atoms in total. The molecular weight excluding hydrogens is 281 g/mol. The summed E-state index contributed by atoms with van der Waals surface area (Å²) in [5.74, 6) is 0.614. The number of rotatable bonds is 6. The predicted molar refractivity (Wildman–Crippen MR) is 85.5 cm³/mol. The second-order valence-electron chi connectivity index (χ2n) is 5.46. The molecule has 0 radical (unpaired) electrons. The number of aryl methyl sites for hydroxylation is 2. The van der Waals surface area contributed by atoms with E-state index in [1.807, 2.05) is 13.8 Å². The van der Waals surface area contributed by atoms with E-state index >= 15 is 0 Å². The van der Waals surface area contributed by atoms with E-state index in [9.17, 15) is 9.50 Å². The van der Waals surface area contributed by atoms with Gasteiger partial charge in [0.2, 0.25) is 0 Å². The Kier molecular flexibility index (Phi) is 5.52. The maximum atomic E-state index is 12.9. The van der Waals surface area contributed by atoms with Crippen molar-refractivity contribution in [2.45, 2.75) is 26.5 Å². The van der Waals surface area contributed by atoms with E-state index in [2.05, 4.69) is 17.4 Å². The molecule has 4 heteroatoms. The van der Waals surface area contributed by atoms with Gasteiger partial charge in [-0.25, -0.2) is 4.39 Å². The fraction of sp³-hybridized carbons (Fsp3) is 0.333. The second kappa shape index (κ2) is 7.38. The van der Waals surface area contributed by atoms with Gasteiger partial charge in [0.15, 0.2) is 0 Å². The van der Waals surface area contributed by atoms with Crippen LogP contribution in [0.4, 0.5) is 4.39 Å². The zero-order valence-electron chi connectivity index (χ0n) is 13.2. The summed E-state index contributed by atoms with van der Waals surface area (Å²) in [4.78, 5) is 0. The van der Waals surface area contributed by atoms with Crippen LogP contribution in [0.15, 0.2) is 36.4 Å². The minimum Gasteiger partial charge on any atom is -0.496 e. The number of hydrogen-bond acceptors (Lipinski definition) is 3. The maximum Gasteiger partial charge on any atom is 0.124 e. The molecule has 1 atom stereocenters. The summed E-state index contributed by atoms with van der Waals surface area (Å²) in [6, 6.07) is 10.1. The van der Waals surface area contributed by atoms with Crippen molar-refractivity contribution in [1.82, 2.24) is 5.32 Å². The lowest BCUT2D eigenvalue weighted by Crippen LogP contribution is -2.21. The minimum atomic E-state index is -0.652. The van der Waals surface area contributed by atoms with Crippen molar-refractivity contribution in [3.05, 3.63) is 64.5 Å². The standard InChI is InChI=1S/C18H22FNO2/c1-12-8-14(9-13(2)18(12)22-3)10-20-11-17(21)15-4-6-16(19)7-5-15/h4-9,17,20-21H,10-11H2,1-3H3/t17-/m0/s1. The highest BCUT2D eigenvalue weighted by atomic mass is 19.1. The average Bonchev–Trinajstić information content (AvgIpc) is 2.47. The van der Waals surface area contributed by atoms with Crippen LogP contribution in [0.5, 0.6) is 5.75 Å². The third-order valence-electron chi connectivity index (χ3n) is 3.65. The summed E-state index contributed by atoms with van der Waals surface area (Å²) in [6.07, 6.45) is -0.652. The van der Waals surface area contributed by atoms with Crippen LogP contribution in [-0.2, 0) is 6.54 Å². The smallest absolute Gasteiger partial charge is 0.124 e. The van der Waals surface area contributed by atoms with Crippen LogP contribution in [0.25, 0.3) is 0 Å². The zero-order chi connectivity index (χ0) is 16.1. The Labute approximate surface area is 130 Å². The van der Waals surface area contributed by atoms with Gasteiger partial charge in [0.05, 0.1) is 13.2 Å². The van der Waals surface area contributed by atoms with Gasteiger partial charge >= 0.3 is 0 Å². The van der Waals surface area contributed by atoms with Gasteiger partial charge in [-0.2, -0.15) is 0 Å². The molecule has 22 heavy (non-hydrogen) atoms. The van der Waals surface area contributed by atoms with Gasteiger partial charge in [-0.15, -0.1) is 0 Å². The number of nitrogens with one attached hydrogen (secondary N) is 1. The molecule has 0 fully saturated rings. The van der Waals surface area contributed by atoms with Crippen molar-refractivity contribution in [2.24, 2.45) is 0 Å². The molecule has 0 aliphatic rings. The van der Waals surface area contributed by atoms with Crippen molar-refractivity contribution in [3.63, 3.8) is 0 Å². The van der Waals surface area contributed by atoms with Crippen LogP contribution in [0.1, 0.15) is 28.4 Å². The lowest BCUT2D eigenvalue weighted by molar-refractivity contribution is 0.174. The molecule has 0 saturated carbocycles. The summed E-state index contributed by atoms with van der Waals surface area (Å²) in [5.41, 5.74) is 4.04. The molecule has 0 saturated heterocycles. The van der Waals surface area contributed by atoms with E-state index in [1.165, 1.54) is 12.1 Å².